The van der Waals surface area contributed by atoms with E-state index < -0.39 is 45.4 Å². The summed E-state index contributed by atoms with van der Waals surface area (Å²) in [6, 6.07) is 9.99. The van der Waals surface area contributed by atoms with Crippen LogP contribution in [0, 0.1) is 5.82 Å². The van der Waals surface area contributed by atoms with Gasteiger partial charge in [0.2, 0.25) is 5.91 Å². The molecule has 0 aliphatic carbocycles. The van der Waals surface area contributed by atoms with Crippen LogP contribution in [0.1, 0.15) is 6.92 Å². The molecule has 10 heteroatoms. The van der Waals surface area contributed by atoms with Gasteiger partial charge in [-0.1, -0.05) is 24.3 Å². The lowest BCUT2D eigenvalue weighted by Gasteiger charge is -2.29. The van der Waals surface area contributed by atoms with E-state index in [-0.39, 0.29) is 5.69 Å². The fourth-order valence-corrected chi connectivity index (χ4v) is 3.98. The van der Waals surface area contributed by atoms with Crippen LogP contribution in [-0.4, -0.2) is 33.1 Å². The van der Waals surface area contributed by atoms with Gasteiger partial charge in [0.1, 0.15) is 18.4 Å². The minimum atomic E-state index is -4.64. The molecule has 2 rings (SSSR count). The number of sulfonamides is 1. The van der Waals surface area contributed by atoms with E-state index in [1.54, 1.807) is 11.4 Å². The van der Waals surface area contributed by atoms with Crippen LogP contribution in [0.2, 0.25) is 0 Å². The van der Waals surface area contributed by atoms with Gasteiger partial charge in [-0.05, 0) is 37.3 Å². The fraction of sp³-hybridized carbons (Fsp3) is 0.235. The first-order chi connectivity index (χ1) is 12.5. The van der Waals surface area contributed by atoms with Gasteiger partial charge in [-0.15, -0.1) is 0 Å². The Labute approximate surface area is 153 Å². The summed E-state index contributed by atoms with van der Waals surface area (Å²) < 4.78 is 77.2. The first-order valence-electron chi connectivity index (χ1n) is 7.72. The molecule has 0 heterocycles. The van der Waals surface area contributed by atoms with E-state index >= 15 is 0 Å². The number of carbonyl (C=O) groups excluding carboxylic acids is 1. The average molecular weight is 404 g/mol. The van der Waals surface area contributed by atoms with Crippen molar-refractivity contribution in [3.63, 3.8) is 0 Å². The molecule has 0 radical (unpaired) electrons. The number of amides is 1. The number of anilines is 1. The molecule has 0 saturated carbocycles. The van der Waals surface area contributed by atoms with E-state index in [9.17, 15) is 30.8 Å². The summed E-state index contributed by atoms with van der Waals surface area (Å²) in [5.41, 5.74) is 0.0522. The minimum absolute atomic E-state index is 0.0522. The summed E-state index contributed by atoms with van der Waals surface area (Å²) in [4.78, 5) is 11.7. The third-order valence-corrected chi connectivity index (χ3v) is 5.45. The lowest BCUT2D eigenvalue weighted by molar-refractivity contribution is -0.138. The number of nitrogens with zero attached hydrogens (tertiary/aromatic N) is 1. The maximum absolute atomic E-state index is 13.5. The zero-order valence-corrected chi connectivity index (χ0v) is 14.9. The Morgan fingerprint density at radius 1 is 1.11 bits per heavy atom. The van der Waals surface area contributed by atoms with E-state index in [0.717, 1.165) is 25.1 Å². The van der Waals surface area contributed by atoms with E-state index in [4.69, 9.17) is 0 Å². The number of para-hydroxylation sites is 1. The maximum atomic E-state index is 13.5. The first kappa shape index (κ1) is 20.7. The minimum Gasteiger partial charge on any atom is -0.345 e. The number of carbonyl (C=O) groups is 1. The number of hydrogen-bond donors (Lipinski definition) is 1. The highest BCUT2D eigenvalue weighted by atomic mass is 32.2. The van der Waals surface area contributed by atoms with Gasteiger partial charge >= 0.3 is 6.18 Å². The zero-order chi connectivity index (χ0) is 20.2. The molecule has 2 aromatic rings. The van der Waals surface area contributed by atoms with Crippen LogP contribution >= 0.6 is 0 Å². The Bertz CT molecular complexity index is 902. The van der Waals surface area contributed by atoms with Gasteiger partial charge in [0.15, 0.2) is 0 Å². The highest BCUT2D eigenvalue weighted by Gasteiger charge is 2.35. The van der Waals surface area contributed by atoms with Crippen molar-refractivity contribution in [3.8, 4) is 0 Å². The van der Waals surface area contributed by atoms with Gasteiger partial charge in [0, 0.05) is 0 Å². The Morgan fingerprint density at radius 3 is 2.30 bits per heavy atom. The first-order valence-corrected chi connectivity index (χ1v) is 9.16. The number of alkyl halides is 3. The standard InChI is InChI=1S/C17H16F4N2O3S/c1-12(16(24)22-11-17(19,20)21)23(14-7-3-2-4-8-14)27(25,26)15-9-5-6-13(18)10-15/h2-10,12H,11H2,1H3,(H,22,24)/t12-/m1/s1. The van der Waals surface area contributed by atoms with E-state index in [1.165, 1.54) is 30.3 Å². The molecule has 0 aliphatic heterocycles. The van der Waals surface area contributed by atoms with Crippen LogP contribution in [-0.2, 0) is 14.8 Å². The summed E-state index contributed by atoms with van der Waals surface area (Å²) in [5.74, 6) is -1.95. The second-order valence-corrected chi connectivity index (χ2v) is 7.42. The largest absolute Gasteiger partial charge is 0.405 e. The molecule has 1 amide bonds. The lowest BCUT2D eigenvalue weighted by atomic mass is 10.2. The maximum Gasteiger partial charge on any atom is 0.405 e. The Kier molecular flexibility index (Phi) is 6.09. The molecule has 0 spiro atoms. The van der Waals surface area contributed by atoms with Gasteiger partial charge in [-0.25, -0.2) is 12.8 Å². The molecule has 0 fully saturated rings. The van der Waals surface area contributed by atoms with E-state index in [2.05, 4.69) is 0 Å². The summed E-state index contributed by atoms with van der Waals surface area (Å²) >= 11 is 0. The van der Waals surface area contributed by atoms with Crippen molar-refractivity contribution in [2.45, 2.75) is 24.0 Å². The Morgan fingerprint density at radius 2 is 1.74 bits per heavy atom. The molecular weight excluding hydrogens is 388 g/mol. The van der Waals surface area contributed by atoms with Crippen molar-refractivity contribution in [3.05, 3.63) is 60.4 Å². The number of hydrogen-bond acceptors (Lipinski definition) is 3. The summed E-state index contributed by atoms with van der Waals surface area (Å²) in [5, 5.41) is 1.66. The summed E-state index contributed by atoms with van der Waals surface area (Å²) in [7, 11) is -4.42. The SMILES string of the molecule is C[C@H](C(=O)NCC(F)(F)F)N(c1ccccc1)S(=O)(=O)c1cccc(F)c1. The molecule has 0 aliphatic rings. The Balaban J connectivity index is 2.45. The van der Waals surface area contributed by atoms with Crippen molar-refractivity contribution in [1.29, 1.82) is 0 Å². The highest BCUT2D eigenvalue weighted by molar-refractivity contribution is 7.92. The normalized spacial score (nSPS) is 13.1. The van der Waals surface area contributed by atoms with Crippen LogP contribution in [0.4, 0.5) is 23.2 Å². The van der Waals surface area contributed by atoms with Crippen LogP contribution in [0.3, 0.4) is 0 Å². The third kappa shape index (κ3) is 5.19. The quantitative estimate of drug-likeness (QED) is 0.753. The van der Waals surface area contributed by atoms with Crippen molar-refractivity contribution < 1.29 is 30.8 Å². The fourth-order valence-electron chi connectivity index (χ4n) is 2.33. The average Bonchev–Trinajstić information content (AvgIpc) is 2.60. The predicted molar refractivity (Wildman–Crippen MR) is 91.0 cm³/mol. The van der Waals surface area contributed by atoms with Crippen molar-refractivity contribution in [1.82, 2.24) is 5.32 Å². The molecule has 0 unspecified atom stereocenters. The second-order valence-electron chi connectivity index (χ2n) is 5.60. The third-order valence-electron chi connectivity index (χ3n) is 3.56. The van der Waals surface area contributed by atoms with Gasteiger partial charge in [-0.3, -0.25) is 9.10 Å². The van der Waals surface area contributed by atoms with Gasteiger partial charge in [0.05, 0.1) is 10.6 Å². The summed E-state index contributed by atoms with van der Waals surface area (Å²) in [6.07, 6.45) is -4.64. The molecule has 0 saturated heterocycles. The zero-order valence-electron chi connectivity index (χ0n) is 14.1. The molecule has 146 valence electrons. The topological polar surface area (TPSA) is 66.5 Å². The molecule has 5 nitrogen and oxygen atoms in total. The van der Waals surface area contributed by atoms with Crippen molar-refractivity contribution in [2.24, 2.45) is 0 Å². The molecule has 27 heavy (non-hydrogen) atoms. The smallest absolute Gasteiger partial charge is 0.345 e. The summed E-state index contributed by atoms with van der Waals surface area (Å²) in [6.45, 7) is -0.450. The van der Waals surface area contributed by atoms with Crippen LogP contribution < -0.4 is 9.62 Å². The van der Waals surface area contributed by atoms with Gasteiger partial charge < -0.3 is 5.32 Å². The molecule has 0 bridgehead atoms. The number of benzene rings is 2. The molecular formula is C17H16F4N2O3S. The number of rotatable bonds is 6. The van der Waals surface area contributed by atoms with Crippen molar-refractivity contribution >= 4 is 21.6 Å². The monoisotopic (exact) mass is 404 g/mol. The van der Waals surface area contributed by atoms with Crippen LogP contribution in [0.5, 0.6) is 0 Å². The van der Waals surface area contributed by atoms with Gasteiger partial charge in [-0.2, -0.15) is 13.2 Å². The second kappa shape index (κ2) is 7.95. The van der Waals surface area contributed by atoms with E-state index in [0.29, 0.717) is 4.31 Å². The highest BCUT2D eigenvalue weighted by Crippen LogP contribution is 2.26. The lowest BCUT2D eigenvalue weighted by Crippen LogP contribution is -2.49. The molecule has 2 aromatic carbocycles. The predicted octanol–water partition coefficient (Wildman–Crippen LogP) is 3.09. The molecule has 0 aromatic heterocycles. The molecule has 1 atom stereocenters. The van der Waals surface area contributed by atoms with Crippen LogP contribution in [0.15, 0.2) is 59.5 Å². The molecule has 1 N–H and O–H groups in total. The van der Waals surface area contributed by atoms with Crippen LogP contribution in [0.25, 0.3) is 0 Å². The number of halogens is 4. The Hall–Kier alpha value is -2.62. The van der Waals surface area contributed by atoms with Crippen molar-refractivity contribution in [2.75, 3.05) is 10.8 Å². The van der Waals surface area contributed by atoms with Gasteiger partial charge in [0.25, 0.3) is 10.0 Å². The number of nitrogens with one attached hydrogen (secondary N) is 1. The van der Waals surface area contributed by atoms with E-state index in [1.807, 2.05) is 0 Å².